The standard InChI is InChI=1S/C52H71ClN4O16/c1-33(2)28-42-50(63)70-40(8-7-9-43(58)56-39(30-36-12-15-41(65-6)38(53)29-36)49(62)55-32-52(4,5)51(64)71-42)34(3)47-48(72-47)37-13-10-35(11-14-37)31-54-19-21-67-23-25-69-27-26-68-24-22-66-20-18-46(61)73-57-44(59)16-17-45(57)60/h7,9-15,29,33-34,39-40,42,47-48,54H,8,16-28,30-32H2,1-6H3,(H,55,62)(H,56,58)/b9-7+/t34-,39+,40-,42-,47+,48+/m0/s1. The number of hydrogen-bond donors (Lipinski definition) is 3. The van der Waals surface area contributed by atoms with Crippen molar-refractivity contribution < 1.29 is 76.3 Å². The van der Waals surface area contributed by atoms with Crippen LogP contribution in [-0.4, -0.2) is 144 Å². The Morgan fingerprint density at radius 3 is 2.11 bits per heavy atom. The molecule has 3 aliphatic rings. The van der Waals surface area contributed by atoms with Gasteiger partial charge in [0.05, 0.1) is 82.9 Å². The smallest absolute Gasteiger partial charge is 0.347 e. The maximum atomic E-state index is 13.9. The molecule has 0 aliphatic carbocycles. The van der Waals surface area contributed by atoms with Crippen LogP contribution in [0, 0.1) is 17.3 Å². The van der Waals surface area contributed by atoms with E-state index in [1.165, 1.54) is 13.2 Å². The number of nitrogens with zero attached hydrogens (tertiary/aromatic N) is 1. The number of epoxide rings is 1. The zero-order valence-corrected chi connectivity index (χ0v) is 43.4. The molecule has 402 valence electrons. The number of benzene rings is 2. The molecule has 3 aliphatic heterocycles. The Hall–Kier alpha value is -5.48. The zero-order valence-electron chi connectivity index (χ0n) is 42.6. The molecular formula is C52H71ClN4O16. The molecule has 73 heavy (non-hydrogen) atoms. The quantitative estimate of drug-likeness (QED) is 0.0515. The highest BCUT2D eigenvalue weighted by Crippen LogP contribution is 2.45. The van der Waals surface area contributed by atoms with Gasteiger partial charge in [0.25, 0.3) is 11.8 Å². The summed E-state index contributed by atoms with van der Waals surface area (Å²) < 4.78 is 45.4. The molecular weight excluding hydrogens is 972 g/mol. The fraction of sp³-hybridized carbons (Fsp3) is 0.596. The molecule has 2 fully saturated rings. The number of imide groups is 1. The number of nitrogens with one attached hydrogen (secondary N) is 3. The third-order valence-electron chi connectivity index (χ3n) is 12.1. The van der Waals surface area contributed by atoms with Crippen LogP contribution < -0.4 is 20.7 Å². The van der Waals surface area contributed by atoms with Gasteiger partial charge in [-0.1, -0.05) is 68.8 Å². The molecule has 6 atom stereocenters. The van der Waals surface area contributed by atoms with E-state index in [-0.39, 0.29) is 82.3 Å². The van der Waals surface area contributed by atoms with Crippen LogP contribution in [0.2, 0.25) is 5.02 Å². The van der Waals surface area contributed by atoms with Gasteiger partial charge >= 0.3 is 17.9 Å². The molecule has 0 radical (unpaired) electrons. The molecule has 20 nitrogen and oxygen atoms in total. The van der Waals surface area contributed by atoms with E-state index < -0.39 is 65.2 Å². The SMILES string of the molecule is COc1ccc(C[C@H]2NC(=O)/C=C/C[C@@H]([C@H](C)[C@H]3O[C@@H]3c3ccc(CNCCOCCOCCOCCOCCC(=O)ON4C(=O)CCC4=O)cc3)OC(=O)[C@H](CC(C)C)OC(=O)C(C)(C)CNC2=O)cc1Cl. The monoisotopic (exact) mass is 1040 g/mol. The Kier molecular flexibility index (Phi) is 23.5. The predicted molar refractivity (Wildman–Crippen MR) is 263 cm³/mol. The minimum absolute atomic E-state index is 0.0231. The maximum Gasteiger partial charge on any atom is 0.347 e. The average molecular weight is 1040 g/mol. The lowest BCUT2D eigenvalue weighted by Crippen LogP contribution is -2.51. The lowest BCUT2D eigenvalue weighted by molar-refractivity contribution is -0.198. The number of amides is 4. The molecule has 0 bridgehead atoms. The summed E-state index contributed by atoms with van der Waals surface area (Å²) in [5, 5.41) is 9.79. The van der Waals surface area contributed by atoms with E-state index in [1.54, 1.807) is 38.1 Å². The Morgan fingerprint density at radius 1 is 0.849 bits per heavy atom. The first-order valence-electron chi connectivity index (χ1n) is 24.8. The van der Waals surface area contributed by atoms with Crippen molar-refractivity contribution >= 4 is 53.1 Å². The number of methoxy groups -OCH3 is 1. The molecule has 5 rings (SSSR count). The Balaban J connectivity index is 1.03. The summed E-state index contributed by atoms with van der Waals surface area (Å²) in [6.45, 7) is 12.8. The summed E-state index contributed by atoms with van der Waals surface area (Å²) in [6, 6.07) is 12.1. The molecule has 3 heterocycles. The van der Waals surface area contributed by atoms with Gasteiger partial charge in [0.15, 0.2) is 6.10 Å². The van der Waals surface area contributed by atoms with Crippen molar-refractivity contribution in [2.75, 3.05) is 73.1 Å². The maximum absolute atomic E-state index is 13.9. The van der Waals surface area contributed by atoms with Gasteiger partial charge in [-0.05, 0) is 61.1 Å². The molecule has 2 saturated heterocycles. The van der Waals surface area contributed by atoms with Gasteiger partial charge in [0.2, 0.25) is 11.8 Å². The number of ether oxygens (including phenoxy) is 8. The molecule has 0 spiro atoms. The number of cyclic esters (lactones) is 2. The van der Waals surface area contributed by atoms with Gasteiger partial charge in [-0.3, -0.25) is 24.0 Å². The highest BCUT2D eigenvalue weighted by Gasteiger charge is 2.48. The van der Waals surface area contributed by atoms with Crippen LogP contribution in [0.25, 0.3) is 0 Å². The van der Waals surface area contributed by atoms with E-state index in [9.17, 15) is 33.6 Å². The minimum Gasteiger partial charge on any atom is -0.495 e. The molecule has 2 aromatic rings. The Labute approximate surface area is 431 Å². The number of hydrogen-bond acceptors (Lipinski definition) is 17. The van der Waals surface area contributed by atoms with Crippen LogP contribution in [0.3, 0.4) is 0 Å². The number of hydroxylamine groups is 2. The van der Waals surface area contributed by atoms with Gasteiger partial charge in [-0.15, -0.1) is 5.06 Å². The van der Waals surface area contributed by atoms with Crippen LogP contribution in [0.4, 0.5) is 0 Å². The van der Waals surface area contributed by atoms with Crippen molar-refractivity contribution in [3.8, 4) is 5.75 Å². The minimum atomic E-state index is -1.24. The van der Waals surface area contributed by atoms with E-state index in [2.05, 4.69) is 16.0 Å². The summed E-state index contributed by atoms with van der Waals surface area (Å²) in [7, 11) is 1.50. The van der Waals surface area contributed by atoms with Crippen LogP contribution >= 0.6 is 11.6 Å². The number of carbonyl (C=O) groups is 7. The molecule has 0 aromatic heterocycles. The van der Waals surface area contributed by atoms with Crippen molar-refractivity contribution in [2.24, 2.45) is 17.3 Å². The number of carbonyl (C=O) groups excluding carboxylic acids is 7. The number of esters is 2. The van der Waals surface area contributed by atoms with E-state index in [1.807, 2.05) is 45.0 Å². The van der Waals surface area contributed by atoms with Crippen molar-refractivity contribution in [1.29, 1.82) is 0 Å². The Bertz CT molecular complexity index is 2190. The van der Waals surface area contributed by atoms with Gasteiger partial charge in [-0.25, -0.2) is 9.59 Å². The second kappa shape index (κ2) is 29.4. The highest BCUT2D eigenvalue weighted by molar-refractivity contribution is 6.32. The van der Waals surface area contributed by atoms with Crippen LogP contribution in [0.5, 0.6) is 5.75 Å². The highest BCUT2D eigenvalue weighted by atomic mass is 35.5. The normalized spacial score (nSPS) is 22.6. The van der Waals surface area contributed by atoms with Crippen LogP contribution in [-0.2, 0) is 84.5 Å². The zero-order chi connectivity index (χ0) is 52.9. The average Bonchev–Trinajstić information content (AvgIpc) is 4.10. The van der Waals surface area contributed by atoms with E-state index >= 15 is 0 Å². The fourth-order valence-corrected chi connectivity index (χ4v) is 8.03. The van der Waals surface area contributed by atoms with Gasteiger partial charge in [-0.2, -0.15) is 0 Å². The number of rotatable bonds is 26. The first-order chi connectivity index (χ1) is 34.9. The third-order valence-corrected chi connectivity index (χ3v) is 12.4. The Morgan fingerprint density at radius 2 is 1.48 bits per heavy atom. The summed E-state index contributed by atoms with van der Waals surface area (Å²) in [5.74, 6) is -4.10. The first-order valence-corrected chi connectivity index (χ1v) is 25.1. The lowest BCUT2D eigenvalue weighted by Gasteiger charge is -2.29. The van der Waals surface area contributed by atoms with Crippen molar-refractivity contribution in [1.82, 2.24) is 21.0 Å². The van der Waals surface area contributed by atoms with E-state index in [4.69, 9.17) is 54.3 Å². The second-order valence-electron chi connectivity index (χ2n) is 19.0. The molecule has 4 amide bonds. The lowest BCUT2D eigenvalue weighted by atomic mass is 9.92. The topological polar surface area (TPSA) is 245 Å². The summed E-state index contributed by atoms with van der Waals surface area (Å²) in [5.41, 5.74) is 1.45. The first kappa shape index (κ1) is 58.4. The van der Waals surface area contributed by atoms with Gasteiger partial charge < -0.3 is 58.7 Å². The molecule has 3 N–H and O–H groups in total. The van der Waals surface area contributed by atoms with Crippen LogP contribution in [0.15, 0.2) is 54.6 Å². The summed E-state index contributed by atoms with van der Waals surface area (Å²) in [6.07, 6.45) is 0.833. The van der Waals surface area contributed by atoms with Crippen LogP contribution in [0.1, 0.15) is 89.5 Å². The van der Waals surface area contributed by atoms with Gasteiger partial charge in [0.1, 0.15) is 24.0 Å². The summed E-state index contributed by atoms with van der Waals surface area (Å²) in [4.78, 5) is 94.1. The third kappa shape index (κ3) is 19.4. The largest absolute Gasteiger partial charge is 0.495 e. The molecule has 0 saturated carbocycles. The van der Waals surface area contributed by atoms with Crippen molar-refractivity contribution in [3.05, 3.63) is 76.3 Å². The van der Waals surface area contributed by atoms with Crippen molar-refractivity contribution in [3.63, 3.8) is 0 Å². The molecule has 21 heteroatoms. The van der Waals surface area contributed by atoms with Gasteiger partial charge in [0, 0.05) is 51.2 Å². The second-order valence-corrected chi connectivity index (χ2v) is 19.4. The molecule has 0 unspecified atom stereocenters. The van der Waals surface area contributed by atoms with E-state index in [0.717, 1.165) is 11.1 Å². The van der Waals surface area contributed by atoms with E-state index in [0.29, 0.717) is 74.1 Å². The van der Waals surface area contributed by atoms with Crippen molar-refractivity contribution in [2.45, 2.75) is 110 Å². The molecule has 2 aromatic carbocycles. The predicted octanol–water partition coefficient (Wildman–Crippen LogP) is 4.28. The number of halogens is 1. The summed E-state index contributed by atoms with van der Waals surface area (Å²) >= 11 is 6.37. The fourth-order valence-electron chi connectivity index (χ4n) is 7.75.